The molecule has 8 nitrogen and oxygen atoms in total. The zero-order chi connectivity index (χ0) is 21.4. The molecule has 0 spiro atoms. The minimum absolute atomic E-state index is 0.0711. The van der Waals surface area contributed by atoms with Crippen LogP contribution in [0.25, 0.3) is 0 Å². The van der Waals surface area contributed by atoms with Crippen molar-refractivity contribution >= 4 is 17.9 Å². The predicted molar refractivity (Wildman–Crippen MR) is 103 cm³/mol. The Morgan fingerprint density at radius 2 is 1.36 bits per heavy atom. The van der Waals surface area contributed by atoms with Crippen LogP contribution in [0.15, 0.2) is 0 Å². The van der Waals surface area contributed by atoms with Gasteiger partial charge in [-0.1, -0.05) is 64.7 Å². The molecule has 8 heteroatoms. The number of hydrogen-bond donors (Lipinski definition) is 3. The lowest BCUT2D eigenvalue weighted by atomic mass is 9.92. The van der Waals surface area contributed by atoms with Crippen LogP contribution < -0.4 is 0 Å². The Hall–Kier alpha value is -1.67. The number of carboxylic acids is 2. The van der Waals surface area contributed by atoms with Gasteiger partial charge >= 0.3 is 17.9 Å². The molecule has 0 aromatic heterocycles. The first-order valence-electron chi connectivity index (χ1n) is 10.2. The van der Waals surface area contributed by atoms with E-state index in [-0.39, 0.29) is 13.2 Å². The molecule has 0 aromatic rings. The summed E-state index contributed by atoms with van der Waals surface area (Å²) in [5, 5.41) is 28.2. The van der Waals surface area contributed by atoms with E-state index in [1.165, 1.54) is 45.4 Å². The summed E-state index contributed by atoms with van der Waals surface area (Å²) in [6, 6.07) is 0. The van der Waals surface area contributed by atoms with Gasteiger partial charge in [-0.15, -0.1) is 0 Å². The highest BCUT2D eigenvalue weighted by atomic mass is 16.6. The van der Waals surface area contributed by atoms with Crippen molar-refractivity contribution in [2.24, 2.45) is 0 Å². The Kier molecular flexibility index (Phi) is 14.4. The molecule has 0 saturated heterocycles. The summed E-state index contributed by atoms with van der Waals surface area (Å²) in [7, 11) is 0. The average Bonchev–Trinajstić information content (AvgIpc) is 2.63. The van der Waals surface area contributed by atoms with Crippen LogP contribution in [0.2, 0.25) is 0 Å². The van der Waals surface area contributed by atoms with Crippen LogP contribution in [0.5, 0.6) is 0 Å². The summed E-state index contributed by atoms with van der Waals surface area (Å²) in [6.07, 6.45) is 8.10. The highest BCUT2D eigenvalue weighted by molar-refractivity contribution is 5.91. The van der Waals surface area contributed by atoms with Gasteiger partial charge in [0.05, 0.1) is 13.0 Å². The van der Waals surface area contributed by atoms with Crippen LogP contribution in [-0.4, -0.2) is 58.1 Å². The van der Waals surface area contributed by atoms with Gasteiger partial charge in [0, 0.05) is 6.61 Å². The summed E-state index contributed by atoms with van der Waals surface area (Å²) in [5.74, 6) is -4.47. The van der Waals surface area contributed by atoms with Gasteiger partial charge in [-0.3, -0.25) is 4.79 Å². The van der Waals surface area contributed by atoms with Crippen molar-refractivity contribution in [3.63, 3.8) is 0 Å². The van der Waals surface area contributed by atoms with E-state index in [4.69, 9.17) is 14.6 Å². The smallest absolute Gasteiger partial charge is 0.339 e. The van der Waals surface area contributed by atoms with Crippen molar-refractivity contribution in [1.82, 2.24) is 0 Å². The normalized spacial score (nSPS) is 14.2. The number of carbonyl (C=O) groups is 3. The molecule has 3 N–H and O–H groups in total. The Morgan fingerprint density at radius 1 is 0.857 bits per heavy atom. The molecule has 28 heavy (non-hydrogen) atoms. The molecule has 0 radical (unpaired) electrons. The van der Waals surface area contributed by atoms with Crippen LogP contribution in [0, 0.1) is 0 Å². The maximum absolute atomic E-state index is 12.2. The van der Waals surface area contributed by atoms with E-state index in [0.717, 1.165) is 19.3 Å². The Balaban J connectivity index is 4.24. The Labute approximate surface area is 167 Å². The molecule has 0 aromatic carbocycles. The number of unbranched alkanes of at least 4 members (excludes halogenated alkanes) is 9. The van der Waals surface area contributed by atoms with Crippen LogP contribution in [0.4, 0.5) is 0 Å². The van der Waals surface area contributed by atoms with Crippen LogP contribution in [0.1, 0.15) is 84.5 Å². The second-order valence-corrected chi connectivity index (χ2v) is 6.98. The minimum atomic E-state index is -2.88. The average molecular weight is 405 g/mol. The number of esters is 1. The van der Waals surface area contributed by atoms with Crippen LogP contribution in [-0.2, 0) is 23.9 Å². The third kappa shape index (κ3) is 10.6. The molecule has 164 valence electrons. The summed E-state index contributed by atoms with van der Waals surface area (Å²) in [6.45, 7) is 3.69. The first-order valence-corrected chi connectivity index (χ1v) is 10.2. The fourth-order valence-corrected chi connectivity index (χ4v) is 2.92. The molecule has 0 bridgehead atoms. The first-order chi connectivity index (χ1) is 13.3. The lowest BCUT2D eigenvalue weighted by molar-refractivity contribution is -0.196. The summed E-state index contributed by atoms with van der Waals surface area (Å²) >= 11 is 0. The van der Waals surface area contributed by atoms with Gasteiger partial charge in [-0.25, -0.2) is 9.59 Å². The topological polar surface area (TPSA) is 130 Å². The van der Waals surface area contributed by atoms with Gasteiger partial charge in [0.25, 0.3) is 0 Å². The van der Waals surface area contributed by atoms with Crippen LogP contribution >= 0.6 is 0 Å². The highest BCUT2D eigenvalue weighted by Gasteiger charge is 2.51. The van der Waals surface area contributed by atoms with Gasteiger partial charge in [0.2, 0.25) is 5.60 Å². The van der Waals surface area contributed by atoms with Gasteiger partial charge in [-0.05, 0) is 13.3 Å². The van der Waals surface area contributed by atoms with E-state index < -0.39 is 36.0 Å². The standard InChI is InChI=1S/C20H36O8/c1-3-5-6-7-8-9-10-11-12-13-14-28-18(23)17(27-4-2)20(26,19(24)25)15-16(21)22/h17,26H,3-15H2,1-2H3,(H,21,22)(H,24,25). The largest absolute Gasteiger partial charge is 0.481 e. The second kappa shape index (κ2) is 15.3. The maximum atomic E-state index is 12.2. The van der Waals surface area contributed by atoms with Crippen molar-refractivity contribution in [2.75, 3.05) is 13.2 Å². The zero-order valence-electron chi connectivity index (χ0n) is 17.2. The van der Waals surface area contributed by atoms with Crippen molar-refractivity contribution < 1.29 is 39.2 Å². The molecular formula is C20H36O8. The molecule has 0 fully saturated rings. The fraction of sp³-hybridized carbons (Fsp3) is 0.850. The minimum Gasteiger partial charge on any atom is -0.481 e. The lowest BCUT2D eigenvalue weighted by Crippen LogP contribution is -2.56. The van der Waals surface area contributed by atoms with E-state index >= 15 is 0 Å². The summed E-state index contributed by atoms with van der Waals surface area (Å²) in [4.78, 5) is 34.4. The van der Waals surface area contributed by atoms with Crippen molar-refractivity contribution in [2.45, 2.75) is 96.2 Å². The number of aliphatic hydroxyl groups is 1. The number of aliphatic carboxylic acids is 2. The second-order valence-electron chi connectivity index (χ2n) is 6.98. The number of carboxylic acid groups (broad SMARTS) is 2. The fourth-order valence-electron chi connectivity index (χ4n) is 2.92. The van der Waals surface area contributed by atoms with Gasteiger partial charge in [0.15, 0.2) is 6.10 Å². The van der Waals surface area contributed by atoms with Gasteiger partial charge < -0.3 is 24.8 Å². The van der Waals surface area contributed by atoms with Gasteiger partial charge in [-0.2, -0.15) is 0 Å². The molecule has 0 rings (SSSR count). The van der Waals surface area contributed by atoms with E-state index in [1.54, 1.807) is 0 Å². The lowest BCUT2D eigenvalue weighted by Gasteiger charge is -2.29. The third-order valence-corrected chi connectivity index (χ3v) is 4.51. The number of hydrogen-bond acceptors (Lipinski definition) is 6. The van der Waals surface area contributed by atoms with E-state index in [2.05, 4.69) is 6.92 Å². The molecule has 0 aliphatic carbocycles. The Bertz CT molecular complexity index is 465. The van der Waals surface area contributed by atoms with Gasteiger partial charge in [0.1, 0.15) is 0 Å². The summed E-state index contributed by atoms with van der Waals surface area (Å²) in [5.41, 5.74) is -2.88. The first kappa shape index (κ1) is 26.3. The molecule has 2 atom stereocenters. The quantitative estimate of drug-likeness (QED) is 0.235. The van der Waals surface area contributed by atoms with Crippen molar-refractivity contribution in [3.05, 3.63) is 0 Å². The van der Waals surface area contributed by atoms with E-state index in [0.29, 0.717) is 6.42 Å². The Morgan fingerprint density at radius 3 is 1.79 bits per heavy atom. The molecule has 2 unspecified atom stereocenters. The van der Waals surface area contributed by atoms with E-state index in [1.807, 2.05) is 0 Å². The SMILES string of the molecule is CCCCCCCCCCCCOC(=O)C(OCC)C(O)(CC(=O)O)C(=O)O. The molecule has 0 aliphatic heterocycles. The summed E-state index contributed by atoms with van der Waals surface area (Å²) < 4.78 is 10.0. The van der Waals surface area contributed by atoms with E-state index in [9.17, 15) is 24.6 Å². The number of ether oxygens (including phenoxy) is 2. The number of rotatable bonds is 18. The molecule has 0 aliphatic rings. The number of carbonyl (C=O) groups excluding carboxylic acids is 1. The monoisotopic (exact) mass is 404 g/mol. The highest BCUT2D eigenvalue weighted by Crippen LogP contribution is 2.21. The third-order valence-electron chi connectivity index (χ3n) is 4.51. The van der Waals surface area contributed by atoms with Crippen molar-refractivity contribution in [3.8, 4) is 0 Å². The molecular weight excluding hydrogens is 368 g/mol. The molecule has 0 saturated carbocycles. The van der Waals surface area contributed by atoms with Crippen LogP contribution in [0.3, 0.4) is 0 Å². The molecule has 0 heterocycles. The predicted octanol–water partition coefficient (Wildman–Crippen LogP) is 3.15. The van der Waals surface area contributed by atoms with Crippen molar-refractivity contribution in [1.29, 1.82) is 0 Å². The molecule has 0 amide bonds. The maximum Gasteiger partial charge on any atom is 0.339 e. The zero-order valence-corrected chi connectivity index (χ0v) is 17.2.